The van der Waals surface area contributed by atoms with Crippen LogP contribution in [0, 0.1) is 23.7 Å². The van der Waals surface area contributed by atoms with E-state index in [1.165, 1.54) is 25.7 Å². The van der Waals surface area contributed by atoms with Crippen molar-refractivity contribution < 1.29 is 0 Å². The molecule has 0 bridgehead atoms. The van der Waals surface area contributed by atoms with Crippen molar-refractivity contribution in [2.24, 2.45) is 23.7 Å². The monoisotopic (exact) mass is 166 g/mol. The third-order valence-corrected chi connectivity index (χ3v) is 4.33. The lowest BCUT2D eigenvalue weighted by Crippen LogP contribution is -2.34. The predicted molar refractivity (Wildman–Crippen MR) is 53.0 cm³/mol. The van der Waals surface area contributed by atoms with Gasteiger partial charge < -0.3 is 0 Å². The van der Waals surface area contributed by atoms with Crippen LogP contribution in [0.5, 0.6) is 0 Å². The van der Waals surface area contributed by atoms with Crippen molar-refractivity contribution in [1.82, 2.24) is 0 Å². The van der Waals surface area contributed by atoms with E-state index in [2.05, 4.69) is 13.8 Å². The van der Waals surface area contributed by atoms with Crippen LogP contribution in [-0.4, -0.2) is 0 Å². The van der Waals surface area contributed by atoms with Crippen LogP contribution in [0.2, 0.25) is 0 Å². The molecular formula is C12H22. The van der Waals surface area contributed by atoms with Crippen molar-refractivity contribution >= 4 is 0 Å². The summed E-state index contributed by atoms with van der Waals surface area (Å²) in [5, 5.41) is 0. The molecule has 2 fully saturated rings. The van der Waals surface area contributed by atoms with Gasteiger partial charge in [-0.2, -0.15) is 0 Å². The zero-order chi connectivity index (χ0) is 8.55. The van der Waals surface area contributed by atoms with E-state index in [-0.39, 0.29) is 0 Å². The van der Waals surface area contributed by atoms with Crippen LogP contribution >= 0.6 is 0 Å². The zero-order valence-corrected chi connectivity index (χ0v) is 8.55. The molecule has 0 spiro atoms. The Balaban J connectivity index is 2.07. The van der Waals surface area contributed by atoms with Gasteiger partial charge in [0.25, 0.3) is 0 Å². The molecule has 70 valence electrons. The fraction of sp³-hybridized carbons (Fsp3) is 1.00. The SMILES string of the molecule is C[C@@H]1CCCC2CCC[C@@H](C)C21. The Bertz CT molecular complexity index is 134. The van der Waals surface area contributed by atoms with Gasteiger partial charge in [-0.1, -0.05) is 52.4 Å². The molecule has 0 nitrogen and oxygen atoms in total. The van der Waals surface area contributed by atoms with Gasteiger partial charge in [-0.25, -0.2) is 0 Å². The second-order valence-corrected chi connectivity index (χ2v) is 5.15. The maximum Gasteiger partial charge on any atom is -0.0334 e. The third kappa shape index (κ3) is 1.41. The molecule has 0 saturated heterocycles. The summed E-state index contributed by atoms with van der Waals surface area (Å²) in [6, 6.07) is 0. The molecular weight excluding hydrogens is 144 g/mol. The van der Waals surface area contributed by atoms with E-state index in [0.717, 1.165) is 23.7 Å². The molecule has 0 heterocycles. The average Bonchev–Trinajstić information content (AvgIpc) is 2.04. The second-order valence-electron chi connectivity index (χ2n) is 5.15. The van der Waals surface area contributed by atoms with Crippen LogP contribution in [0.25, 0.3) is 0 Å². The summed E-state index contributed by atoms with van der Waals surface area (Å²) in [7, 11) is 0. The van der Waals surface area contributed by atoms with E-state index in [4.69, 9.17) is 0 Å². The van der Waals surface area contributed by atoms with E-state index >= 15 is 0 Å². The van der Waals surface area contributed by atoms with Crippen molar-refractivity contribution in [1.29, 1.82) is 0 Å². The molecule has 2 saturated carbocycles. The molecule has 0 aromatic carbocycles. The summed E-state index contributed by atoms with van der Waals surface area (Å²) >= 11 is 0. The largest absolute Gasteiger partial charge is 0.0622 e. The highest BCUT2D eigenvalue weighted by Gasteiger charge is 2.36. The van der Waals surface area contributed by atoms with Gasteiger partial charge in [0, 0.05) is 0 Å². The Morgan fingerprint density at radius 3 is 1.67 bits per heavy atom. The molecule has 2 aliphatic carbocycles. The van der Waals surface area contributed by atoms with Crippen molar-refractivity contribution in [2.45, 2.75) is 52.4 Å². The average molecular weight is 166 g/mol. The lowest BCUT2D eigenvalue weighted by molar-refractivity contribution is 0.0652. The standard InChI is InChI=1S/C12H22/c1-9-5-3-7-11-8-4-6-10(2)12(9)11/h9-12H,3-8H2,1-2H3/t9-,10-,11?,12?/m1/s1. The minimum absolute atomic E-state index is 1.03. The normalized spacial score (nSPS) is 48.5. The Labute approximate surface area is 76.7 Å². The molecule has 2 rings (SSSR count). The molecule has 0 N–H and O–H groups in total. The lowest BCUT2D eigenvalue weighted by Gasteiger charge is -2.44. The summed E-state index contributed by atoms with van der Waals surface area (Å²) in [5.41, 5.74) is 0. The fourth-order valence-electron chi connectivity index (χ4n) is 3.81. The van der Waals surface area contributed by atoms with Gasteiger partial charge in [-0.3, -0.25) is 0 Å². The van der Waals surface area contributed by atoms with Gasteiger partial charge >= 0.3 is 0 Å². The molecule has 0 amide bonds. The van der Waals surface area contributed by atoms with E-state index < -0.39 is 0 Å². The molecule has 2 aliphatic rings. The van der Waals surface area contributed by atoms with Gasteiger partial charge in [0.2, 0.25) is 0 Å². The van der Waals surface area contributed by atoms with E-state index in [9.17, 15) is 0 Å². The summed E-state index contributed by atoms with van der Waals surface area (Å²) in [6.45, 7) is 4.97. The zero-order valence-electron chi connectivity index (χ0n) is 8.55. The fourth-order valence-corrected chi connectivity index (χ4v) is 3.81. The Kier molecular flexibility index (Phi) is 2.43. The van der Waals surface area contributed by atoms with Gasteiger partial charge in [0.1, 0.15) is 0 Å². The van der Waals surface area contributed by atoms with Crippen LogP contribution in [0.15, 0.2) is 0 Å². The maximum absolute atomic E-state index is 2.48. The molecule has 0 aromatic rings. The summed E-state index contributed by atoms with van der Waals surface area (Å²) in [5.74, 6) is 4.25. The van der Waals surface area contributed by atoms with Gasteiger partial charge in [0.15, 0.2) is 0 Å². The van der Waals surface area contributed by atoms with E-state index in [1.54, 1.807) is 12.8 Å². The number of fused-ring (bicyclic) bond motifs is 1. The summed E-state index contributed by atoms with van der Waals surface area (Å²) in [4.78, 5) is 0. The summed E-state index contributed by atoms with van der Waals surface area (Å²) < 4.78 is 0. The number of rotatable bonds is 0. The van der Waals surface area contributed by atoms with Gasteiger partial charge in [-0.15, -0.1) is 0 Å². The lowest BCUT2D eigenvalue weighted by atomic mass is 9.62. The topological polar surface area (TPSA) is 0 Å². The quantitative estimate of drug-likeness (QED) is 0.512. The van der Waals surface area contributed by atoms with Crippen LogP contribution < -0.4 is 0 Å². The molecule has 2 atom stereocenters. The maximum atomic E-state index is 2.48. The summed E-state index contributed by atoms with van der Waals surface area (Å²) in [6.07, 6.45) is 9.11. The minimum atomic E-state index is 1.03. The first-order chi connectivity index (χ1) is 5.79. The van der Waals surface area contributed by atoms with Crippen molar-refractivity contribution in [3.8, 4) is 0 Å². The molecule has 0 aromatic heterocycles. The highest BCUT2D eigenvalue weighted by molar-refractivity contribution is 4.86. The van der Waals surface area contributed by atoms with Crippen LogP contribution in [0.3, 0.4) is 0 Å². The van der Waals surface area contributed by atoms with Crippen molar-refractivity contribution in [3.05, 3.63) is 0 Å². The van der Waals surface area contributed by atoms with Crippen molar-refractivity contribution in [2.75, 3.05) is 0 Å². The van der Waals surface area contributed by atoms with Gasteiger partial charge in [-0.05, 0) is 23.7 Å². The molecule has 0 unspecified atom stereocenters. The Morgan fingerprint density at radius 1 is 0.750 bits per heavy atom. The second kappa shape index (κ2) is 3.40. The number of hydrogen-bond acceptors (Lipinski definition) is 0. The Hall–Kier alpha value is 0. The molecule has 0 radical (unpaired) electrons. The van der Waals surface area contributed by atoms with Crippen molar-refractivity contribution in [3.63, 3.8) is 0 Å². The number of hydrogen-bond donors (Lipinski definition) is 0. The molecule has 12 heavy (non-hydrogen) atoms. The third-order valence-electron chi connectivity index (χ3n) is 4.33. The smallest absolute Gasteiger partial charge is 0.0334 e. The Morgan fingerprint density at radius 2 is 1.25 bits per heavy atom. The molecule has 0 heteroatoms. The first-order valence-corrected chi connectivity index (χ1v) is 5.79. The first kappa shape index (κ1) is 8.59. The van der Waals surface area contributed by atoms with Gasteiger partial charge in [0.05, 0.1) is 0 Å². The first-order valence-electron chi connectivity index (χ1n) is 5.79. The highest BCUT2D eigenvalue weighted by atomic mass is 14.4. The van der Waals surface area contributed by atoms with E-state index in [1.807, 2.05) is 0 Å². The van der Waals surface area contributed by atoms with Crippen LogP contribution in [0.1, 0.15) is 52.4 Å². The van der Waals surface area contributed by atoms with E-state index in [0.29, 0.717) is 0 Å². The molecule has 0 aliphatic heterocycles. The predicted octanol–water partition coefficient (Wildman–Crippen LogP) is 3.86. The minimum Gasteiger partial charge on any atom is -0.0622 e. The van der Waals surface area contributed by atoms with Crippen LogP contribution in [0.4, 0.5) is 0 Å². The van der Waals surface area contributed by atoms with Crippen LogP contribution in [-0.2, 0) is 0 Å². The highest BCUT2D eigenvalue weighted by Crippen LogP contribution is 2.46.